The van der Waals surface area contributed by atoms with Gasteiger partial charge in [-0.05, 0) is 43.4 Å². The van der Waals surface area contributed by atoms with Gasteiger partial charge in [0.05, 0.1) is 11.7 Å². The Hall–Kier alpha value is -1.03. The molecule has 3 heterocycles. The maximum atomic E-state index is 4.51. The SMILES string of the molecule is Cc1ncc2ccc(C3CCSCC3)n2n1. The van der Waals surface area contributed by atoms with Gasteiger partial charge < -0.3 is 0 Å². The largest absolute Gasteiger partial charge is 0.238 e. The van der Waals surface area contributed by atoms with Gasteiger partial charge in [-0.2, -0.15) is 16.9 Å². The van der Waals surface area contributed by atoms with Crippen molar-refractivity contribution in [2.75, 3.05) is 11.5 Å². The highest BCUT2D eigenvalue weighted by atomic mass is 32.2. The van der Waals surface area contributed by atoms with Gasteiger partial charge in [-0.3, -0.25) is 0 Å². The van der Waals surface area contributed by atoms with E-state index in [4.69, 9.17) is 0 Å². The second-order valence-corrected chi connectivity index (χ2v) is 5.51. The van der Waals surface area contributed by atoms with Gasteiger partial charge in [-0.1, -0.05) is 0 Å². The number of thioether (sulfide) groups is 1. The van der Waals surface area contributed by atoms with Crippen LogP contribution in [-0.2, 0) is 0 Å². The second-order valence-electron chi connectivity index (χ2n) is 4.29. The van der Waals surface area contributed by atoms with Crippen molar-refractivity contribution in [3.05, 3.63) is 29.8 Å². The summed E-state index contributed by atoms with van der Waals surface area (Å²) < 4.78 is 2.07. The van der Waals surface area contributed by atoms with E-state index < -0.39 is 0 Å². The molecule has 2 aromatic heterocycles. The Morgan fingerprint density at radius 3 is 2.94 bits per heavy atom. The van der Waals surface area contributed by atoms with Gasteiger partial charge in [0.25, 0.3) is 0 Å². The standard InChI is InChI=1S/C12H15N3S/c1-9-13-8-11-2-3-12(15(11)14-9)10-4-6-16-7-5-10/h2-3,8,10H,4-7H2,1H3. The van der Waals surface area contributed by atoms with Crippen molar-refractivity contribution >= 4 is 17.3 Å². The summed E-state index contributed by atoms with van der Waals surface area (Å²) in [5.74, 6) is 4.08. The highest BCUT2D eigenvalue weighted by Crippen LogP contribution is 2.31. The zero-order valence-electron chi connectivity index (χ0n) is 9.39. The van der Waals surface area contributed by atoms with Crippen LogP contribution in [0.5, 0.6) is 0 Å². The van der Waals surface area contributed by atoms with Crippen molar-refractivity contribution in [3.8, 4) is 0 Å². The van der Waals surface area contributed by atoms with Crippen molar-refractivity contribution in [3.63, 3.8) is 0 Å². The molecule has 1 fully saturated rings. The van der Waals surface area contributed by atoms with Crippen LogP contribution < -0.4 is 0 Å². The van der Waals surface area contributed by atoms with Crippen LogP contribution in [0.4, 0.5) is 0 Å². The third-order valence-corrected chi connectivity index (χ3v) is 4.23. The fourth-order valence-corrected chi connectivity index (χ4v) is 3.41. The van der Waals surface area contributed by atoms with E-state index in [1.807, 2.05) is 13.1 Å². The van der Waals surface area contributed by atoms with E-state index in [0.717, 1.165) is 11.3 Å². The number of fused-ring (bicyclic) bond motifs is 1. The van der Waals surface area contributed by atoms with E-state index in [0.29, 0.717) is 5.92 Å². The highest BCUT2D eigenvalue weighted by Gasteiger charge is 2.19. The van der Waals surface area contributed by atoms with Gasteiger partial charge in [-0.15, -0.1) is 0 Å². The maximum Gasteiger partial charge on any atom is 0.146 e. The summed E-state index contributed by atoms with van der Waals surface area (Å²) >= 11 is 2.06. The molecule has 3 rings (SSSR count). The lowest BCUT2D eigenvalue weighted by atomic mass is 9.99. The third kappa shape index (κ3) is 1.71. The molecule has 0 aliphatic carbocycles. The van der Waals surface area contributed by atoms with Gasteiger partial charge in [0.1, 0.15) is 5.82 Å². The minimum absolute atomic E-state index is 0.679. The van der Waals surface area contributed by atoms with Crippen LogP contribution in [0, 0.1) is 6.92 Å². The van der Waals surface area contributed by atoms with Gasteiger partial charge >= 0.3 is 0 Å². The number of aromatic nitrogens is 3. The lowest BCUT2D eigenvalue weighted by Gasteiger charge is -2.20. The number of hydrogen-bond acceptors (Lipinski definition) is 3. The molecule has 0 N–H and O–H groups in total. The fraction of sp³-hybridized carbons (Fsp3) is 0.500. The van der Waals surface area contributed by atoms with E-state index in [-0.39, 0.29) is 0 Å². The molecule has 1 aliphatic heterocycles. The summed E-state index contributed by atoms with van der Waals surface area (Å²) in [4.78, 5) is 4.23. The monoisotopic (exact) mass is 233 g/mol. The molecule has 0 atom stereocenters. The predicted molar refractivity (Wildman–Crippen MR) is 67.0 cm³/mol. The van der Waals surface area contributed by atoms with E-state index >= 15 is 0 Å². The molecule has 0 radical (unpaired) electrons. The molecule has 0 bridgehead atoms. The Balaban J connectivity index is 2.05. The first-order chi connectivity index (χ1) is 7.84. The van der Waals surface area contributed by atoms with Crippen LogP contribution >= 0.6 is 11.8 Å². The Bertz CT molecular complexity index is 500. The van der Waals surface area contributed by atoms with Crippen LogP contribution in [0.1, 0.15) is 30.3 Å². The van der Waals surface area contributed by atoms with E-state index in [1.165, 1.54) is 30.0 Å². The molecule has 84 valence electrons. The van der Waals surface area contributed by atoms with Crippen molar-refractivity contribution < 1.29 is 0 Å². The zero-order valence-corrected chi connectivity index (χ0v) is 10.2. The van der Waals surface area contributed by atoms with Crippen molar-refractivity contribution in [2.24, 2.45) is 0 Å². The van der Waals surface area contributed by atoms with Crippen LogP contribution in [0.15, 0.2) is 18.3 Å². The first kappa shape index (κ1) is 10.1. The molecule has 0 saturated carbocycles. The van der Waals surface area contributed by atoms with Crippen LogP contribution in [0.25, 0.3) is 5.52 Å². The zero-order chi connectivity index (χ0) is 11.0. The molecular formula is C12H15N3S. The highest BCUT2D eigenvalue weighted by molar-refractivity contribution is 7.99. The Labute approximate surface area is 99.3 Å². The van der Waals surface area contributed by atoms with Gasteiger partial charge in [0.2, 0.25) is 0 Å². The summed E-state index contributed by atoms with van der Waals surface area (Å²) in [6.45, 7) is 1.94. The lowest BCUT2D eigenvalue weighted by Crippen LogP contribution is -2.11. The molecule has 0 amide bonds. The summed E-state index contributed by atoms with van der Waals surface area (Å²) in [6, 6.07) is 4.33. The van der Waals surface area contributed by atoms with Gasteiger partial charge in [0.15, 0.2) is 0 Å². The van der Waals surface area contributed by atoms with Crippen LogP contribution in [0.3, 0.4) is 0 Å². The molecule has 1 aliphatic rings. The second kappa shape index (κ2) is 4.09. The summed E-state index contributed by atoms with van der Waals surface area (Å²) in [5, 5.41) is 4.51. The minimum Gasteiger partial charge on any atom is -0.238 e. The maximum absolute atomic E-state index is 4.51. The van der Waals surface area contributed by atoms with E-state index in [9.17, 15) is 0 Å². The smallest absolute Gasteiger partial charge is 0.146 e. The molecule has 1 saturated heterocycles. The quantitative estimate of drug-likeness (QED) is 0.758. The number of hydrogen-bond donors (Lipinski definition) is 0. The first-order valence-corrected chi connectivity index (χ1v) is 6.89. The topological polar surface area (TPSA) is 30.2 Å². The summed E-state index contributed by atoms with van der Waals surface area (Å²) in [6.07, 6.45) is 4.46. The molecule has 0 spiro atoms. The van der Waals surface area contributed by atoms with Crippen LogP contribution in [0.2, 0.25) is 0 Å². The van der Waals surface area contributed by atoms with E-state index in [1.54, 1.807) is 0 Å². The third-order valence-electron chi connectivity index (χ3n) is 3.18. The van der Waals surface area contributed by atoms with Crippen molar-refractivity contribution in [1.29, 1.82) is 0 Å². The molecule has 4 heteroatoms. The summed E-state index contributed by atoms with van der Waals surface area (Å²) in [7, 11) is 0. The fourth-order valence-electron chi connectivity index (χ4n) is 2.31. The van der Waals surface area contributed by atoms with Gasteiger partial charge in [0, 0.05) is 11.6 Å². The molecule has 0 aromatic carbocycles. The number of nitrogens with zero attached hydrogens (tertiary/aromatic N) is 3. The van der Waals surface area contributed by atoms with Crippen LogP contribution in [-0.4, -0.2) is 26.1 Å². The normalized spacial score (nSPS) is 18.1. The average Bonchev–Trinajstić information content (AvgIpc) is 2.73. The van der Waals surface area contributed by atoms with E-state index in [2.05, 4.69) is 38.5 Å². The minimum atomic E-state index is 0.679. The lowest BCUT2D eigenvalue weighted by molar-refractivity contribution is 0.598. The number of rotatable bonds is 1. The Kier molecular flexibility index (Phi) is 2.59. The van der Waals surface area contributed by atoms with Crippen molar-refractivity contribution in [1.82, 2.24) is 14.6 Å². The average molecular weight is 233 g/mol. The Morgan fingerprint density at radius 2 is 2.12 bits per heavy atom. The molecule has 2 aromatic rings. The molecule has 3 nitrogen and oxygen atoms in total. The molecule has 0 unspecified atom stereocenters. The molecule has 16 heavy (non-hydrogen) atoms. The Morgan fingerprint density at radius 1 is 1.31 bits per heavy atom. The first-order valence-electron chi connectivity index (χ1n) is 5.73. The number of aryl methyl sites for hydroxylation is 1. The summed E-state index contributed by atoms with van der Waals surface area (Å²) in [5.41, 5.74) is 2.47. The van der Waals surface area contributed by atoms with Gasteiger partial charge in [-0.25, -0.2) is 9.50 Å². The van der Waals surface area contributed by atoms with Crippen molar-refractivity contribution in [2.45, 2.75) is 25.7 Å². The molecular weight excluding hydrogens is 218 g/mol. The predicted octanol–water partition coefficient (Wildman–Crippen LogP) is 2.65.